The topological polar surface area (TPSA) is 33.3 Å². The van der Waals surface area contributed by atoms with E-state index in [1.807, 2.05) is 20.8 Å². The molecule has 4 aliphatic heterocycles. The summed E-state index contributed by atoms with van der Waals surface area (Å²) in [6.45, 7) is 3.77. The van der Waals surface area contributed by atoms with Crippen molar-refractivity contribution < 1.29 is 11.6 Å². The zero-order valence-corrected chi connectivity index (χ0v) is 17.7. The number of allylic oxidation sites excluding steroid dienone is 2. The normalized spacial score (nSPS) is 43.3. The Bertz CT molecular complexity index is 945. The lowest BCUT2D eigenvalue weighted by molar-refractivity contribution is 0.0963. The van der Waals surface area contributed by atoms with Crippen LogP contribution in [0.3, 0.4) is 0 Å². The summed E-state index contributed by atoms with van der Waals surface area (Å²) in [7, 11) is 0. The van der Waals surface area contributed by atoms with Crippen molar-refractivity contribution in [2.75, 3.05) is 0 Å². The zero-order valence-electron chi connectivity index (χ0n) is 21.9. The van der Waals surface area contributed by atoms with Crippen molar-refractivity contribution in [1.82, 2.24) is 10.6 Å². The Balaban J connectivity index is 1.37. The first-order valence-corrected chi connectivity index (χ1v) is 11.4. The molecule has 6 atom stereocenters. The molecule has 0 aromatic heterocycles. The van der Waals surface area contributed by atoms with Gasteiger partial charge in [-0.15, -0.1) is 0 Å². The molecule has 3 nitrogen and oxygen atoms in total. The fourth-order valence-corrected chi connectivity index (χ4v) is 6.37. The Labute approximate surface area is 181 Å². The van der Waals surface area contributed by atoms with Crippen molar-refractivity contribution in [2.24, 2.45) is 17.3 Å². The van der Waals surface area contributed by atoms with Gasteiger partial charge in [-0.3, -0.25) is 10.6 Å². The third-order valence-electron chi connectivity index (χ3n) is 6.26. The van der Waals surface area contributed by atoms with Crippen molar-refractivity contribution in [3.05, 3.63) is 45.4 Å². The van der Waals surface area contributed by atoms with Crippen LogP contribution in [0.25, 0.3) is 0 Å². The van der Waals surface area contributed by atoms with Crippen molar-refractivity contribution in [1.29, 1.82) is 0 Å². The van der Waals surface area contributed by atoms with Gasteiger partial charge in [-0.25, -0.2) is 0 Å². The van der Waals surface area contributed by atoms with Crippen LogP contribution in [0.2, 0.25) is 0 Å². The van der Waals surface area contributed by atoms with E-state index in [1.165, 1.54) is 10.5 Å². The highest BCUT2D eigenvalue weighted by Gasteiger charge is 2.46. The number of fused-ring (bicyclic) bond motifs is 4. The maximum absolute atomic E-state index is 8.66. The monoisotopic (exact) mass is 403 g/mol. The summed E-state index contributed by atoms with van der Waals surface area (Å²) in [5.74, 6) is 1.52. The molecule has 0 radical (unpaired) electrons. The Morgan fingerprint density at radius 1 is 1.32 bits per heavy atom. The van der Waals surface area contributed by atoms with Gasteiger partial charge in [0.15, 0.2) is 6.23 Å². The molecule has 1 aliphatic carbocycles. The molecule has 0 bridgehead atoms. The Morgan fingerprint density at radius 2 is 2.21 bits per heavy atom. The average molecular weight is 404 g/mol. The van der Waals surface area contributed by atoms with Crippen LogP contribution in [0.4, 0.5) is 0 Å². The van der Waals surface area contributed by atoms with Gasteiger partial charge in [0.05, 0.1) is 6.04 Å². The van der Waals surface area contributed by atoms with E-state index in [0.29, 0.717) is 5.92 Å². The third-order valence-corrected chi connectivity index (χ3v) is 7.37. The van der Waals surface area contributed by atoms with E-state index in [1.54, 1.807) is 17.8 Å². The van der Waals surface area contributed by atoms with Crippen LogP contribution >= 0.6 is 11.8 Å². The van der Waals surface area contributed by atoms with Gasteiger partial charge in [-0.1, -0.05) is 56.8 Å². The molecule has 0 amide bonds. The van der Waals surface area contributed by atoms with Crippen LogP contribution in [-0.4, -0.2) is 24.4 Å². The Hall–Kier alpha value is -0.970. The smallest absolute Gasteiger partial charge is 0.157 e. The van der Waals surface area contributed by atoms with E-state index >= 15 is 0 Å². The molecule has 28 heavy (non-hydrogen) atoms. The first-order chi connectivity index (χ1) is 15.4. The zero-order chi connectivity index (χ0) is 23.8. The van der Waals surface area contributed by atoms with Crippen molar-refractivity contribution in [3.8, 4) is 0 Å². The molecule has 3 unspecified atom stereocenters. The van der Waals surface area contributed by atoms with Crippen LogP contribution in [0.15, 0.2) is 45.4 Å². The standard InChI is InChI=1S/C24H34N2OS/c1-14-8-9-17-16-6-5-7-18(22(16)27-23(17)25-14)19-10-11-21-20(26-19)12-15(28-21)13-24(2,3)4/h8-9,11-12,14,16-17,19-20,23,25-26H,5-7,10,13H2,1-4H3/t14-,16+,17?,19-,20?,23?/m1/s1/i1D3,13D2. The second-order valence-corrected chi connectivity index (χ2v) is 10.7. The minimum atomic E-state index is -2.08. The van der Waals surface area contributed by atoms with Gasteiger partial charge in [-0.2, -0.15) is 0 Å². The number of thioether (sulfide) groups is 1. The van der Waals surface area contributed by atoms with E-state index < -0.39 is 24.7 Å². The molecule has 0 aromatic carbocycles. The lowest BCUT2D eigenvalue weighted by Crippen LogP contribution is -2.42. The first kappa shape index (κ1) is 14.1. The minimum Gasteiger partial charge on any atom is -0.479 e. The van der Waals surface area contributed by atoms with Crippen molar-refractivity contribution in [3.63, 3.8) is 0 Å². The lowest BCUT2D eigenvalue weighted by atomic mass is 9.77. The summed E-state index contributed by atoms with van der Waals surface area (Å²) in [6.07, 6.45) is 10.5. The number of ether oxygens (including phenoxy) is 1. The molecule has 1 fully saturated rings. The molecule has 0 saturated carbocycles. The molecule has 152 valence electrons. The molecule has 5 aliphatic rings. The summed E-state index contributed by atoms with van der Waals surface area (Å²) in [5, 5.41) is 6.98. The van der Waals surface area contributed by atoms with Gasteiger partial charge in [0.1, 0.15) is 5.76 Å². The van der Waals surface area contributed by atoms with Gasteiger partial charge < -0.3 is 4.74 Å². The highest BCUT2D eigenvalue weighted by molar-refractivity contribution is 8.07. The molecule has 4 heteroatoms. The second-order valence-electron chi connectivity index (χ2n) is 9.58. The predicted molar refractivity (Wildman–Crippen MR) is 118 cm³/mol. The first-order valence-electron chi connectivity index (χ1n) is 13.1. The van der Waals surface area contributed by atoms with E-state index in [4.69, 9.17) is 11.6 Å². The molecule has 5 rings (SSSR count). The second kappa shape index (κ2) is 7.07. The van der Waals surface area contributed by atoms with Gasteiger partial charge in [0.25, 0.3) is 0 Å². The summed E-state index contributed by atoms with van der Waals surface area (Å²) in [5.41, 5.74) is 0.837. The minimum absolute atomic E-state index is 0.0382. The summed E-state index contributed by atoms with van der Waals surface area (Å²) < 4.78 is 47.0. The third kappa shape index (κ3) is 3.53. The van der Waals surface area contributed by atoms with Gasteiger partial charge >= 0.3 is 0 Å². The molecule has 0 spiro atoms. The van der Waals surface area contributed by atoms with Crippen molar-refractivity contribution >= 4 is 11.8 Å². The maximum Gasteiger partial charge on any atom is 0.157 e. The van der Waals surface area contributed by atoms with Crippen molar-refractivity contribution in [2.45, 2.75) is 84.0 Å². The summed E-state index contributed by atoms with van der Waals surface area (Å²) >= 11 is 1.58. The van der Waals surface area contributed by atoms with E-state index in [2.05, 4.69) is 28.9 Å². The summed E-state index contributed by atoms with van der Waals surface area (Å²) in [4.78, 5) is 1.99. The fourth-order valence-electron chi connectivity index (χ4n) is 5.11. The van der Waals surface area contributed by atoms with Gasteiger partial charge in [-0.05, 0) is 54.8 Å². The molecular weight excluding hydrogens is 364 g/mol. The van der Waals surface area contributed by atoms with Gasteiger partial charge in [0.2, 0.25) is 0 Å². The Kier molecular flexibility index (Phi) is 3.56. The van der Waals surface area contributed by atoms with E-state index in [0.717, 1.165) is 36.3 Å². The molecule has 4 heterocycles. The maximum atomic E-state index is 8.66. The highest BCUT2D eigenvalue weighted by atomic mass is 32.2. The largest absolute Gasteiger partial charge is 0.479 e. The quantitative estimate of drug-likeness (QED) is 0.618. The number of hydrogen-bond acceptors (Lipinski definition) is 4. The molecule has 0 aromatic rings. The van der Waals surface area contributed by atoms with Crippen LogP contribution in [0.5, 0.6) is 0 Å². The lowest BCUT2D eigenvalue weighted by Gasteiger charge is -2.33. The fraction of sp³-hybridized carbons (Fsp3) is 0.667. The number of hydrogen-bond donors (Lipinski definition) is 2. The van der Waals surface area contributed by atoms with Crippen LogP contribution in [0.1, 0.15) is 66.5 Å². The molecule has 1 saturated heterocycles. The molecule has 2 N–H and O–H groups in total. The molecular formula is C24H34N2OS. The van der Waals surface area contributed by atoms with E-state index in [9.17, 15) is 0 Å². The SMILES string of the molecule is [2H]C([2H])([2H])[C@@H]1C=CC2C(N1)OC1=C([C@H]3CC=C4SC(C([2H])([2H])C(C)(C)C)=CC4N3)CCC[C@H]12. The predicted octanol–water partition coefficient (Wildman–Crippen LogP) is 5.24. The number of rotatable bonds is 2. The van der Waals surface area contributed by atoms with Gasteiger partial charge in [0, 0.05) is 35.7 Å². The van der Waals surface area contributed by atoms with E-state index in [-0.39, 0.29) is 24.2 Å². The van der Waals surface area contributed by atoms with Crippen LogP contribution < -0.4 is 10.6 Å². The Morgan fingerprint density at radius 3 is 3.04 bits per heavy atom. The highest BCUT2D eigenvalue weighted by Crippen LogP contribution is 2.48. The number of nitrogens with one attached hydrogen (secondary N) is 2. The van der Waals surface area contributed by atoms with Crippen LogP contribution in [0, 0.1) is 17.3 Å². The summed E-state index contributed by atoms with van der Waals surface area (Å²) in [6, 6.07) is -0.467. The average Bonchev–Trinajstić information content (AvgIpc) is 3.32. The van der Waals surface area contributed by atoms with Crippen LogP contribution in [-0.2, 0) is 4.74 Å².